The normalized spacial score (nSPS) is 13.5. The molecule has 0 radical (unpaired) electrons. The van der Waals surface area contributed by atoms with Crippen LogP contribution < -0.4 is 0 Å². The van der Waals surface area contributed by atoms with Crippen molar-refractivity contribution in [3.63, 3.8) is 0 Å². The molecule has 7 heteroatoms. The molecular formula is C12H30O4Si3. The summed E-state index contributed by atoms with van der Waals surface area (Å²) in [4.78, 5) is 10.8. The van der Waals surface area contributed by atoms with Crippen LogP contribution >= 0.6 is 0 Å². The lowest BCUT2D eigenvalue weighted by Crippen LogP contribution is -2.52. The van der Waals surface area contributed by atoms with Crippen molar-refractivity contribution in [2.24, 2.45) is 0 Å². The molecule has 0 aromatic carbocycles. The molecule has 0 amide bonds. The predicted molar refractivity (Wildman–Crippen MR) is 86.5 cm³/mol. The molecule has 0 aromatic rings. The minimum Gasteiger partial charge on any atom is -0.466 e. The third kappa shape index (κ3) is 11.6. The van der Waals surface area contributed by atoms with Crippen LogP contribution in [0.3, 0.4) is 0 Å². The Bertz CT molecular complexity index is 278. The molecule has 0 aromatic heterocycles. The quantitative estimate of drug-likeness (QED) is 0.388. The largest absolute Gasteiger partial charge is 0.466 e. The van der Waals surface area contributed by atoms with Gasteiger partial charge >= 0.3 is 14.5 Å². The summed E-state index contributed by atoms with van der Waals surface area (Å²) in [6.07, 6.45) is 0.817. The van der Waals surface area contributed by atoms with Crippen molar-refractivity contribution in [2.75, 3.05) is 6.61 Å². The molecule has 0 fully saturated rings. The number of carbonyl (C=O) groups is 1. The average Bonchev–Trinajstić information content (AvgIpc) is 2.05. The van der Waals surface area contributed by atoms with Crippen molar-refractivity contribution in [1.29, 1.82) is 0 Å². The second-order valence-corrected chi connectivity index (χ2v) is 19.9. The summed E-state index contributed by atoms with van der Waals surface area (Å²) in [6.45, 7) is 17.2. The Balaban J connectivity index is 4.54. The minimum atomic E-state index is -2.16. The van der Waals surface area contributed by atoms with Crippen LogP contribution in [0.4, 0.5) is 0 Å². The highest BCUT2D eigenvalue weighted by molar-refractivity contribution is 6.87. The van der Waals surface area contributed by atoms with Gasteiger partial charge < -0.3 is 13.0 Å². The van der Waals surface area contributed by atoms with Gasteiger partial charge in [0.25, 0.3) is 0 Å². The molecule has 0 rings (SSSR count). The van der Waals surface area contributed by atoms with Crippen LogP contribution in [-0.2, 0) is 17.8 Å². The molecule has 19 heavy (non-hydrogen) atoms. The molecule has 0 bridgehead atoms. The van der Waals surface area contributed by atoms with Crippen LogP contribution in [0.25, 0.3) is 0 Å². The summed E-state index contributed by atoms with van der Waals surface area (Å²) >= 11 is 0. The van der Waals surface area contributed by atoms with Crippen LogP contribution in [0.1, 0.15) is 13.3 Å². The van der Waals surface area contributed by atoms with Crippen LogP contribution in [0.5, 0.6) is 0 Å². The minimum absolute atomic E-state index is 0.222. The Morgan fingerprint density at radius 3 is 1.63 bits per heavy atom. The van der Waals surface area contributed by atoms with E-state index in [0.717, 1.165) is 12.5 Å². The zero-order valence-corrected chi connectivity index (χ0v) is 16.8. The van der Waals surface area contributed by atoms with Gasteiger partial charge in [0.15, 0.2) is 16.6 Å². The molecule has 0 N–H and O–H groups in total. The van der Waals surface area contributed by atoms with E-state index in [2.05, 4.69) is 45.8 Å². The lowest BCUT2D eigenvalue weighted by atomic mass is 10.5. The Hall–Kier alpha value is 0.0406. The first-order valence-electron chi connectivity index (χ1n) is 6.87. The maximum Gasteiger partial charge on any atom is 0.314 e. The monoisotopic (exact) mass is 322 g/mol. The van der Waals surface area contributed by atoms with Crippen molar-refractivity contribution in [1.82, 2.24) is 0 Å². The standard InChI is InChI=1S/C12H30O4Si3/c1-12(13)14-10-9-11-19(8,15-17(2,3)4)16-18(5,6)7/h9-11H2,1-8H3. The van der Waals surface area contributed by atoms with Gasteiger partial charge in [-0.25, -0.2) is 0 Å². The van der Waals surface area contributed by atoms with E-state index in [1.165, 1.54) is 6.92 Å². The zero-order chi connectivity index (χ0) is 15.3. The van der Waals surface area contributed by atoms with Crippen molar-refractivity contribution in [2.45, 2.75) is 65.2 Å². The highest BCUT2D eigenvalue weighted by Gasteiger charge is 2.39. The molecule has 0 saturated heterocycles. The molecular weight excluding hydrogens is 292 g/mol. The highest BCUT2D eigenvalue weighted by atomic mass is 28.5. The zero-order valence-electron chi connectivity index (χ0n) is 13.8. The fourth-order valence-electron chi connectivity index (χ4n) is 2.03. The molecule has 4 nitrogen and oxygen atoms in total. The van der Waals surface area contributed by atoms with Crippen molar-refractivity contribution in [3.8, 4) is 0 Å². The van der Waals surface area contributed by atoms with E-state index in [1.54, 1.807) is 0 Å². The van der Waals surface area contributed by atoms with Gasteiger partial charge in [0.2, 0.25) is 0 Å². The van der Waals surface area contributed by atoms with Gasteiger partial charge in [-0.15, -0.1) is 0 Å². The van der Waals surface area contributed by atoms with Crippen molar-refractivity contribution >= 4 is 31.2 Å². The summed E-state index contributed by atoms with van der Waals surface area (Å²) in [5.41, 5.74) is 0. The first-order chi connectivity index (χ1) is 8.33. The number of hydrogen-bond donors (Lipinski definition) is 0. The summed E-state index contributed by atoms with van der Waals surface area (Å²) < 4.78 is 17.7. The second-order valence-electron chi connectivity index (χ2n) is 7.01. The molecule has 0 saturated carbocycles. The number of rotatable bonds is 8. The maximum absolute atomic E-state index is 10.8. The number of ether oxygens (including phenoxy) is 1. The molecule has 114 valence electrons. The predicted octanol–water partition coefficient (Wildman–Crippen LogP) is 3.71. The van der Waals surface area contributed by atoms with Gasteiger partial charge in [-0.05, 0) is 58.3 Å². The second kappa shape index (κ2) is 7.16. The van der Waals surface area contributed by atoms with Gasteiger partial charge in [0.1, 0.15) is 0 Å². The molecule has 0 aliphatic rings. The van der Waals surface area contributed by atoms with Gasteiger partial charge in [0, 0.05) is 6.92 Å². The molecule has 0 heterocycles. The van der Waals surface area contributed by atoms with Gasteiger partial charge in [0.05, 0.1) is 6.61 Å². The summed E-state index contributed by atoms with van der Waals surface area (Å²) in [7, 11) is -5.41. The number of esters is 1. The van der Waals surface area contributed by atoms with E-state index in [0.29, 0.717) is 6.61 Å². The molecule has 0 atom stereocenters. The van der Waals surface area contributed by atoms with E-state index in [1.807, 2.05) is 0 Å². The topological polar surface area (TPSA) is 44.8 Å². The highest BCUT2D eigenvalue weighted by Crippen LogP contribution is 2.25. The lowest BCUT2D eigenvalue weighted by molar-refractivity contribution is -0.140. The Morgan fingerprint density at radius 1 is 0.895 bits per heavy atom. The average molecular weight is 323 g/mol. The number of hydrogen-bond acceptors (Lipinski definition) is 4. The molecule has 0 spiro atoms. The van der Waals surface area contributed by atoms with Crippen LogP contribution in [0.15, 0.2) is 0 Å². The van der Waals surface area contributed by atoms with E-state index in [4.69, 9.17) is 13.0 Å². The molecule has 0 aliphatic heterocycles. The van der Waals surface area contributed by atoms with E-state index < -0.39 is 25.2 Å². The van der Waals surface area contributed by atoms with Crippen molar-refractivity contribution < 1.29 is 17.8 Å². The van der Waals surface area contributed by atoms with Crippen molar-refractivity contribution in [3.05, 3.63) is 0 Å². The maximum atomic E-state index is 10.8. The number of carbonyl (C=O) groups excluding carboxylic acids is 1. The van der Waals surface area contributed by atoms with Gasteiger partial charge in [-0.3, -0.25) is 4.79 Å². The first kappa shape index (κ1) is 19.0. The lowest BCUT2D eigenvalue weighted by Gasteiger charge is -2.38. The Labute approximate surface area is 121 Å². The van der Waals surface area contributed by atoms with Crippen LogP contribution in [0, 0.1) is 0 Å². The van der Waals surface area contributed by atoms with Gasteiger partial charge in [-0.2, -0.15) is 0 Å². The summed E-state index contributed by atoms with van der Waals surface area (Å²) in [5, 5.41) is 0. The fourth-order valence-corrected chi connectivity index (χ4v) is 14.5. The summed E-state index contributed by atoms with van der Waals surface area (Å²) in [5.74, 6) is -0.222. The third-order valence-electron chi connectivity index (χ3n) is 2.12. The van der Waals surface area contributed by atoms with E-state index in [-0.39, 0.29) is 5.97 Å². The van der Waals surface area contributed by atoms with Crippen LogP contribution in [-0.4, -0.2) is 37.8 Å². The first-order valence-corrected chi connectivity index (χ1v) is 16.2. The Kier molecular flexibility index (Phi) is 7.18. The third-order valence-corrected chi connectivity index (χ3v) is 11.7. The Morgan fingerprint density at radius 2 is 1.32 bits per heavy atom. The smallest absolute Gasteiger partial charge is 0.314 e. The van der Waals surface area contributed by atoms with E-state index >= 15 is 0 Å². The SMILES string of the molecule is CC(=O)OCCC[Si](C)(O[Si](C)(C)C)O[Si](C)(C)C. The fraction of sp³-hybridized carbons (Fsp3) is 0.917. The van der Waals surface area contributed by atoms with Crippen LogP contribution in [0.2, 0.25) is 51.9 Å². The van der Waals surface area contributed by atoms with Gasteiger partial charge in [-0.1, -0.05) is 0 Å². The molecule has 0 unspecified atom stereocenters. The van der Waals surface area contributed by atoms with E-state index in [9.17, 15) is 4.79 Å². The molecule has 0 aliphatic carbocycles. The summed E-state index contributed by atoms with van der Waals surface area (Å²) in [6, 6.07) is 0.884.